The molecule has 2 unspecified atom stereocenters. The van der Waals surface area contributed by atoms with Gasteiger partial charge in [-0.05, 0) is 0 Å². The van der Waals surface area contributed by atoms with E-state index in [1.807, 2.05) is 0 Å². The van der Waals surface area contributed by atoms with Crippen LogP contribution in [0.25, 0.3) is 0 Å². The molecule has 54 valence electrons. The summed E-state index contributed by atoms with van der Waals surface area (Å²) in [5.74, 6) is 0.0995. The van der Waals surface area contributed by atoms with E-state index < -0.39 is 9.84 Å². The molecule has 0 spiro atoms. The molecular formula is C4H10N2O2S. The molecule has 4 N–H and O–H groups in total. The van der Waals surface area contributed by atoms with Crippen molar-refractivity contribution in [3.05, 3.63) is 0 Å². The number of hydrogen-bond acceptors (Lipinski definition) is 4. The Kier molecular flexibility index (Phi) is 1.50. The van der Waals surface area contributed by atoms with Crippen LogP contribution in [-0.4, -0.2) is 32.0 Å². The summed E-state index contributed by atoms with van der Waals surface area (Å²) in [6.07, 6.45) is 0. The molecule has 2 atom stereocenters. The summed E-state index contributed by atoms with van der Waals surface area (Å²) in [5, 5.41) is 0. The third-order valence-electron chi connectivity index (χ3n) is 1.44. The third-order valence-corrected chi connectivity index (χ3v) is 3.23. The van der Waals surface area contributed by atoms with Crippen LogP contribution >= 0.6 is 0 Å². The Morgan fingerprint density at radius 1 is 1.11 bits per heavy atom. The third kappa shape index (κ3) is 1.41. The Morgan fingerprint density at radius 2 is 1.44 bits per heavy atom. The van der Waals surface area contributed by atoms with Gasteiger partial charge in [-0.2, -0.15) is 0 Å². The lowest BCUT2D eigenvalue weighted by molar-refractivity contribution is 0.601. The number of hydrogen-bond donors (Lipinski definition) is 2. The highest BCUT2D eigenvalue weighted by atomic mass is 32.2. The van der Waals surface area contributed by atoms with Crippen LogP contribution in [0.4, 0.5) is 0 Å². The van der Waals surface area contributed by atoms with Crippen molar-refractivity contribution < 1.29 is 8.42 Å². The Bertz CT molecular complexity index is 183. The molecule has 0 bridgehead atoms. The van der Waals surface area contributed by atoms with Gasteiger partial charge in [0.1, 0.15) is 0 Å². The summed E-state index contributed by atoms with van der Waals surface area (Å²) in [6.45, 7) is 0. The summed E-state index contributed by atoms with van der Waals surface area (Å²) in [7, 11) is -2.89. The smallest absolute Gasteiger partial charge is 0.153 e. The second-order valence-corrected chi connectivity index (χ2v) is 4.56. The molecule has 1 saturated heterocycles. The van der Waals surface area contributed by atoms with Gasteiger partial charge in [0.05, 0.1) is 11.5 Å². The number of rotatable bonds is 0. The van der Waals surface area contributed by atoms with Gasteiger partial charge in [0.25, 0.3) is 0 Å². The number of nitrogens with two attached hydrogens (primary N) is 2. The Balaban J connectivity index is 2.77. The maximum atomic E-state index is 10.7. The highest BCUT2D eigenvalue weighted by molar-refractivity contribution is 7.91. The van der Waals surface area contributed by atoms with Crippen LogP contribution in [-0.2, 0) is 9.84 Å². The lowest BCUT2D eigenvalue weighted by Gasteiger charge is -2.03. The van der Waals surface area contributed by atoms with Crippen molar-refractivity contribution in [2.24, 2.45) is 11.5 Å². The molecule has 5 heteroatoms. The quantitative estimate of drug-likeness (QED) is 0.421. The standard InChI is InChI=1S/C4H10N2O2S/c5-3-1-9(7,8)2-4(3)6/h3-4H,1-2,5-6H2. The fourth-order valence-electron chi connectivity index (χ4n) is 0.902. The average molecular weight is 150 g/mol. The lowest BCUT2D eigenvalue weighted by atomic mass is 10.2. The zero-order valence-electron chi connectivity index (χ0n) is 4.95. The van der Waals surface area contributed by atoms with Gasteiger partial charge in [-0.1, -0.05) is 0 Å². The van der Waals surface area contributed by atoms with E-state index in [4.69, 9.17) is 11.5 Å². The maximum absolute atomic E-state index is 10.7. The minimum absolute atomic E-state index is 0.0498. The van der Waals surface area contributed by atoms with E-state index >= 15 is 0 Å². The van der Waals surface area contributed by atoms with Gasteiger partial charge in [0.2, 0.25) is 0 Å². The van der Waals surface area contributed by atoms with Crippen molar-refractivity contribution >= 4 is 9.84 Å². The maximum Gasteiger partial charge on any atom is 0.153 e. The van der Waals surface area contributed by atoms with E-state index in [0.717, 1.165) is 0 Å². The number of sulfone groups is 1. The van der Waals surface area contributed by atoms with E-state index in [1.54, 1.807) is 0 Å². The zero-order chi connectivity index (χ0) is 7.07. The van der Waals surface area contributed by atoms with Crippen LogP contribution in [0.5, 0.6) is 0 Å². The Labute approximate surface area is 54.1 Å². The van der Waals surface area contributed by atoms with Gasteiger partial charge in [0, 0.05) is 12.1 Å². The highest BCUT2D eigenvalue weighted by Crippen LogP contribution is 2.07. The fourth-order valence-corrected chi connectivity index (χ4v) is 2.71. The van der Waals surface area contributed by atoms with E-state index in [2.05, 4.69) is 0 Å². The van der Waals surface area contributed by atoms with Crippen LogP contribution in [0.3, 0.4) is 0 Å². The van der Waals surface area contributed by atoms with Crippen LogP contribution < -0.4 is 11.5 Å². The zero-order valence-corrected chi connectivity index (χ0v) is 5.76. The predicted molar refractivity (Wildman–Crippen MR) is 34.6 cm³/mol. The summed E-state index contributed by atoms with van der Waals surface area (Å²) < 4.78 is 21.4. The monoisotopic (exact) mass is 150 g/mol. The van der Waals surface area contributed by atoms with Crippen molar-refractivity contribution in [2.45, 2.75) is 12.1 Å². The topological polar surface area (TPSA) is 86.2 Å². The van der Waals surface area contributed by atoms with Crippen molar-refractivity contribution in [1.82, 2.24) is 0 Å². The molecule has 0 aliphatic carbocycles. The normalized spacial score (nSPS) is 41.1. The van der Waals surface area contributed by atoms with Crippen molar-refractivity contribution in [3.8, 4) is 0 Å². The molecule has 0 radical (unpaired) electrons. The fraction of sp³-hybridized carbons (Fsp3) is 1.00. The first-order valence-electron chi connectivity index (χ1n) is 2.73. The molecule has 1 fully saturated rings. The minimum atomic E-state index is -2.89. The van der Waals surface area contributed by atoms with Gasteiger partial charge >= 0.3 is 0 Å². The molecular weight excluding hydrogens is 140 g/mol. The molecule has 1 aliphatic heterocycles. The molecule has 1 heterocycles. The lowest BCUT2D eigenvalue weighted by Crippen LogP contribution is -2.39. The van der Waals surface area contributed by atoms with Gasteiger partial charge in [-0.3, -0.25) is 0 Å². The molecule has 0 aromatic carbocycles. The minimum Gasteiger partial charge on any atom is -0.325 e. The predicted octanol–water partition coefficient (Wildman–Crippen LogP) is -1.93. The van der Waals surface area contributed by atoms with Crippen molar-refractivity contribution in [3.63, 3.8) is 0 Å². The van der Waals surface area contributed by atoms with Gasteiger partial charge in [-0.25, -0.2) is 8.42 Å². The molecule has 0 saturated carbocycles. The molecule has 0 amide bonds. The van der Waals surface area contributed by atoms with E-state index in [0.29, 0.717) is 0 Å². The molecule has 0 aromatic rings. The van der Waals surface area contributed by atoms with Gasteiger partial charge < -0.3 is 11.5 Å². The molecule has 1 rings (SSSR count). The Hall–Kier alpha value is -0.130. The molecule has 4 nitrogen and oxygen atoms in total. The van der Waals surface area contributed by atoms with Crippen molar-refractivity contribution in [1.29, 1.82) is 0 Å². The van der Waals surface area contributed by atoms with Crippen LogP contribution in [0.1, 0.15) is 0 Å². The first-order chi connectivity index (χ1) is 4.01. The first-order valence-corrected chi connectivity index (χ1v) is 4.55. The van der Waals surface area contributed by atoms with Gasteiger partial charge in [-0.15, -0.1) is 0 Å². The molecule has 9 heavy (non-hydrogen) atoms. The first kappa shape index (κ1) is 6.98. The second-order valence-electron chi connectivity index (χ2n) is 2.40. The highest BCUT2D eigenvalue weighted by Gasteiger charge is 2.32. The second kappa shape index (κ2) is 1.93. The van der Waals surface area contributed by atoms with Crippen LogP contribution in [0, 0.1) is 0 Å². The summed E-state index contributed by atoms with van der Waals surface area (Å²) in [6, 6.07) is -0.704. The van der Waals surface area contributed by atoms with E-state index in [9.17, 15) is 8.42 Å². The Morgan fingerprint density at radius 3 is 1.56 bits per heavy atom. The largest absolute Gasteiger partial charge is 0.325 e. The van der Waals surface area contributed by atoms with Crippen LogP contribution in [0.2, 0.25) is 0 Å². The van der Waals surface area contributed by atoms with E-state index in [-0.39, 0.29) is 23.6 Å². The summed E-state index contributed by atoms with van der Waals surface area (Å²) in [4.78, 5) is 0. The SMILES string of the molecule is NC1CS(=O)(=O)CC1N. The van der Waals surface area contributed by atoms with Crippen molar-refractivity contribution in [2.75, 3.05) is 11.5 Å². The van der Waals surface area contributed by atoms with E-state index in [1.165, 1.54) is 0 Å². The van der Waals surface area contributed by atoms with Gasteiger partial charge in [0.15, 0.2) is 9.84 Å². The molecule has 1 aliphatic rings. The molecule has 0 aromatic heterocycles. The average Bonchev–Trinajstić information content (AvgIpc) is 1.79. The summed E-state index contributed by atoms with van der Waals surface area (Å²) >= 11 is 0. The van der Waals surface area contributed by atoms with Crippen LogP contribution in [0.15, 0.2) is 0 Å². The summed E-state index contributed by atoms with van der Waals surface area (Å²) in [5.41, 5.74) is 10.7.